The topological polar surface area (TPSA) is 70.7 Å². The van der Waals surface area contributed by atoms with E-state index in [1.54, 1.807) is 30.0 Å². The molecule has 0 spiro atoms. The number of rotatable bonds is 3. The fourth-order valence-electron chi connectivity index (χ4n) is 1.18. The minimum absolute atomic E-state index is 0.144. The van der Waals surface area contributed by atoms with Gasteiger partial charge in [0.15, 0.2) is 0 Å². The van der Waals surface area contributed by atoms with Crippen LogP contribution in [0.3, 0.4) is 0 Å². The Morgan fingerprint density at radius 3 is 3.13 bits per heavy atom. The molecule has 2 aromatic rings. The van der Waals surface area contributed by atoms with E-state index in [4.69, 9.17) is 0 Å². The maximum absolute atomic E-state index is 11.1. The van der Waals surface area contributed by atoms with E-state index in [1.165, 1.54) is 6.07 Å². The van der Waals surface area contributed by atoms with Gasteiger partial charge in [-0.2, -0.15) is 0 Å². The molecule has 5 nitrogen and oxygen atoms in total. The largest absolute Gasteiger partial charge is 0.365 e. The second-order valence-corrected chi connectivity index (χ2v) is 4.01. The molecule has 2 heterocycles. The Morgan fingerprint density at radius 2 is 2.47 bits per heavy atom. The van der Waals surface area contributed by atoms with Gasteiger partial charge in [0.25, 0.3) is 5.56 Å². The third-order valence-electron chi connectivity index (χ3n) is 1.79. The molecular formula is C9H10N4OS. The average molecular weight is 222 g/mol. The van der Waals surface area contributed by atoms with Gasteiger partial charge in [-0.15, -0.1) is 11.3 Å². The van der Waals surface area contributed by atoms with Crippen molar-refractivity contribution in [3.05, 3.63) is 38.8 Å². The molecule has 78 valence electrons. The SMILES string of the molecule is Cc1nc(NCc2cncs2)cc(=O)[nH]1. The number of hydrogen-bond acceptors (Lipinski definition) is 5. The maximum Gasteiger partial charge on any atom is 0.252 e. The van der Waals surface area contributed by atoms with Crippen LogP contribution >= 0.6 is 11.3 Å². The van der Waals surface area contributed by atoms with Crippen molar-refractivity contribution < 1.29 is 0 Å². The van der Waals surface area contributed by atoms with Crippen LogP contribution in [0.25, 0.3) is 0 Å². The molecule has 2 rings (SSSR count). The highest BCUT2D eigenvalue weighted by Gasteiger charge is 1.98. The predicted molar refractivity (Wildman–Crippen MR) is 59.0 cm³/mol. The first kappa shape index (κ1) is 9.85. The lowest BCUT2D eigenvalue weighted by molar-refractivity contribution is 1.00. The van der Waals surface area contributed by atoms with E-state index in [1.807, 2.05) is 0 Å². The number of aromatic nitrogens is 3. The van der Waals surface area contributed by atoms with Gasteiger partial charge in [0.2, 0.25) is 0 Å². The van der Waals surface area contributed by atoms with Crippen molar-refractivity contribution in [3.63, 3.8) is 0 Å². The van der Waals surface area contributed by atoms with Crippen molar-refractivity contribution in [3.8, 4) is 0 Å². The standard InChI is InChI=1S/C9H10N4OS/c1-6-12-8(2-9(14)13-6)11-4-7-3-10-5-15-7/h2-3,5H,4H2,1H3,(H2,11,12,13,14). The maximum atomic E-state index is 11.1. The minimum Gasteiger partial charge on any atom is -0.365 e. The first-order chi connectivity index (χ1) is 7.24. The zero-order chi connectivity index (χ0) is 10.7. The molecule has 0 fully saturated rings. The lowest BCUT2D eigenvalue weighted by Gasteiger charge is -2.03. The summed E-state index contributed by atoms with van der Waals surface area (Å²) in [4.78, 5) is 22.9. The van der Waals surface area contributed by atoms with Crippen LogP contribution in [0.1, 0.15) is 10.7 Å². The predicted octanol–water partition coefficient (Wildman–Crippen LogP) is 1.15. The Hall–Kier alpha value is -1.69. The second kappa shape index (κ2) is 4.22. The highest BCUT2D eigenvalue weighted by atomic mass is 32.1. The van der Waals surface area contributed by atoms with Crippen molar-refractivity contribution in [1.82, 2.24) is 15.0 Å². The van der Waals surface area contributed by atoms with E-state index in [0.29, 0.717) is 18.2 Å². The van der Waals surface area contributed by atoms with E-state index >= 15 is 0 Å². The van der Waals surface area contributed by atoms with Gasteiger partial charge in [-0.3, -0.25) is 9.78 Å². The number of thiazole rings is 1. The van der Waals surface area contributed by atoms with Crippen LogP contribution < -0.4 is 10.9 Å². The molecule has 0 bridgehead atoms. The van der Waals surface area contributed by atoms with Gasteiger partial charge in [-0.1, -0.05) is 0 Å². The van der Waals surface area contributed by atoms with Gasteiger partial charge >= 0.3 is 0 Å². The monoisotopic (exact) mass is 222 g/mol. The highest BCUT2D eigenvalue weighted by molar-refractivity contribution is 7.09. The molecule has 2 N–H and O–H groups in total. The van der Waals surface area contributed by atoms with Crippen molar-refractivity contribution in [2.24, 2.45) is 0 Å². The highest BCUT2D eigenvalue weighted by Crippen LogP contribution is 2.07. The molecule has 0 aliphatic rings. The van der Waals surface area contributed by atoms with E-state index in [2.05, 4.69) is 20.3 Å². The summed E-state index contributed by atoms with van der Waals surface area (Å²) >= 11 is 1.56. The van der Waals surface area contributed by atoms with Gasteiger partial charge in [0.05, 0.1) is 12.1 Å². The molecule has 0 saturated carbocycles. The Kier molecular flexibility index (Phi) is 2.77. The quantitative estimate of drug-likeness (QED) is 0.817. The number of H-pyrrole nitrogens is 1. The molecule has 0 aliphatic carbocycles. The number of aromatic amines is 1. The van der Waals surface area contributed by atoms with E-state index in [-0.39, 0.29) is 5.56 Å². The third kappa shape index (κ3) is 2.63. The van der Waals surface area contributed by atoms with E-state index < -0.39 is 0 Å². The number of nitrogens with zero attached hydrogens (tertiary/aromatic N) is 2. The molecule has 0 aromatic carbocycles. The summed E-state index contributed by atoms with van der Waals surface area (Å²) in [5.41, 5.74) is 1.63. The summed E-state index contributed by atoms with van der Waals surface area (Å²) in [5, 5.41) is 3.07. The molecule has 0 aliphatic heterocycles. The Morgan fingerprint density at radius 1 is 1.60 bits per heavy atom. The van der Waals surface area contributed by atoms with Crippen LogP contribution in [0.4, 0.5) is 5.82 Å². The molecule has 0 radical (unpaired) electrons. The first-order valence-corrected chi connectivity index (χ1v) is 5.31. The van der Waals surface area contributed by atoms with Gasteiger partial charge in [-0.05, 0) is 6.92 Å². The zero-order valence-electron chi connectivity index (χ0n) is 8.15. The average Bonchev–Trinajstić information content (AvgIpc) is 2.65. The Bertz CT molecular complexity index is 491. The van der Waals surface area contributed by atoms with Crippen molar-refractivity contribution >= 4 is 17.2 Å². The number of nitrogens with one attached hydrogen (secondary N) is 2. The summed E-state index contributed by atoms with van der Waals surface area (Å²) in [6.07, 6.45) is 1.79. The number of aryl methyl sites for hydroxylation is 1. The van der Waals surface area contributed by atoms with Crippen molar-refractivity contribution in [1.29, 1.82) is 0 Å². The van der Waals surface area contributed by atoms with Gasteiger partial charge in [-0.25, -0.2) is 4.98 Å². The second-order valence-electron chi connectivity index (χ2n) is 3.04. The Labute approximate surface area is 90.2 Å². The molecule has 0 atom stereocenters. The summed E-state index contributed by atoms with van der Waals surface area (Å²) < 4.78 is 0. The molecule has 0 saturated heterocycles. The van der Waals surface area contributed by atoms with Crippen LogP contribution in [0.2, 0.25) is 0 Å². The molecule has 15 heavy (non-hydrogen) atoms. The normalized spacial score (nSPS) is 10.2. The summed E-state index contributed by atoms with van der Waals surface area (Å²) in [7, 11) is 0. The van der Waals surface area contributed by atoms with Crippen LogP contribution in [-0.4, -0.2) is 15.0 Å². The van der Waals surface area contributed by atoms with Gasteiger partial charge in [0.1, 0.15) is 11.6 Å². The summed E-state index contributed by atoms with van der Waals surface area (Å²) in [5.74, 6) is 1.19. The smallest absolute Gasteiger partial charge is 0.252 e. The molecular weight excluding hydrogens is 212 g/mol. The van der Waals surface area contributed by atoms with E-state index in [9.17, 15) is 4.79 Å². The first-order valence-electron chi connectivity index (χ1n) is 4.43. The fourth-order valence-corrected chi connectivity index (χ4v) is 1.71. The zero-order valence-corrected chi connectivity index (χ0v) is 8.97. The van der Waals surface area contributed by atoms with Crippen LogP contribution in [0, 0.1) is 6.92 Å². The van der Waals surface area contributed by atoms with Crippen LogP contribution in [0.15, 0.2) is 22.6 Å². The summed E-state index contributed by atoms with van der Waals surface area (Å²) in [6.45, 7) is 2.39. The van der Waals surface area contributed by atoms with Crippen molar-refractivity contribution in [2.45, 2.75) is 13.5 Å². The number of hydrogen-bond donors (Lipinski definition) is 2. The molecule has 6 heteroatoms. The minimum atomic E-state index is -0.144. The van der Waals surface area contributed by atoms with Crippen LogP contribution in [0.5, 0.6) is 0 Å². The van der Waals surface area contributed by atoms with Gasteiger partial charge in [0, 0.05) is 17.1 Å². The lowest BCUT2D eigenvalue weighted by atomic mass is 10.5. The Balaban J connectivity index is 2.08. The molecule has 0 amide bonds. The lowest BCUT2D eigenvalue weighted by Crippen LogP contribution is -2.11. The fraction of sp³-hybridized carbons (Fsp3) is 0.222. The molecule has 0 unspecified atom stereocenters. The number of anilines is 1. The summed E-state index contributed by atoms with van der Waals surface area (Å²) in [6, 6.07) is 1.44. The van der Waals surface area contributed by atoms with Gasteiger partial charge < -0.3 is 10.3 Å². The molecule has 2 aromatic heterocycles. The third-order valence-corrected chi connectivity index (χ3v) is 2.57. The van der Waals surface area contributed by atoms with Crippen molar-refractivity contribution in [2.75, 3.05) is 5.32 Å². The van der Waals surface area contributed by atoms with E-state index in [0.717, 1.165) is 4.88 Å². The van der Waals surface area contributed by atoms with Crippen LogP contribution in [-0.2, 0) is 6.54 Å².